The molecule has 0 radical (unpaired) electrons. The van der Waals surface area contributed by atoms with Crippen molar-refractivity contribution in [2.45, 2.75) is 56.1 Å². The molecule has 0 aliphatic heterocycles. The summed E-state index contributed by atoms with van der Waals surface area (Å²) in [5, 5.41) is 2.56. The van der Waals surface area contributed by atoms with Crippen LogP contribution in [0.5, 0.6) is 0 Å². The van der Waals surface area contributed by atoms with Crippen LogP contribution in [-0.2, 0) is 21.3 Å². The van der Waals surface area contributed by atoms with Crippen LogP contribution in [-0.4, -0.2) is 21.4 Å². The van der Waals surface area contributed by atoms with E-state index in [2.05, 4.69) is 5.32 Å². The number of rotatable bonds is 5. The molecule has 1 N–H and O–H groups in total. The minimum atomic E-state index is -1.20. The van der Waals surface area contributed by atoms with E-state index in [9.17, 15) is 9.00 Å². The van der Waals surface area contributed by atoms with Gasteiger partial charge >= 0.3 is 0 Å². The van der Waals surface area contributed by atoms with E-state index >= 15 is 0 Å². The molecule has 1 aromatic rings. The molecule has 6 heteroatoms. The van der Waals surface area contributed by atoms with Crippen LogP contribution in [0.1, 0.15) is 43.9 Å². The van der Waals surface area contributed by atoms with E-state index in [1.807, 2.05) is 6.07 Å². The van der Waals surface area contributed by atoms with Crippen LogP contribution in [0.15, 0.2) is 12.1 Å². The van der Waals surface area contributed by atoms with Crippen molar-refractivity contribution in [2.75, 3.05) is 0 Å². The van der Waals surface area contributed by atoms with Gasteiger partial charge in [0.1, 0.15) is 5.25 Å². The lowest BCUT2D eigenvalue weighted by Crippen LogP contribution is -2.42. The molecule has 0 unspecified atom stereocenters. The summed E-state index contributed by atoms with van der Waals surface area (Å²) in [7, 11) is -1.20. The lowest BCUT2D eigenvalue weighted by molar-refractivity contribution is -0.121. The fourth-order valence-electron chi connectivity index (χ4n) is 2.38. The van der Waals surface area contributed by atoms with E-state index < -0.39 is 16.0 Å². The second-order valence-corrected chi connectivity index (χ2v) is 8.77. The van der Waals surface area contributed by atoms with E-state index in [0.29, 0.717) is 10.1 Å². The Kier molecular flexibility index (Phi) is 6.05. The number of hydrogen-bond acceptors (Lipinski definition) is 3. The van der Waals surface area contributed by atoms with Crippen LogP contribution < -0.4 is 5.32 Å². The molecule has 0 saturated heterocycles. The van der Waals surface area contributed by atoms with E-state index in [1.54, 1.807) is 13.0 Å². The maximum Gasteiger partial charge on any atom is 0.235 e. The summed E-state index contributed by atoms with van der Waals surface area (Å²) in [6, 6.07) is 3.94. The number of hydrogen-bond donors (Lipinski definition) is 1. The maximum absolute atomic E-state index is 12.2. The highest BCUT2D eigenvalue weighted by Crippen LogP contribution is 2.23. The Balaban J connectivity index is 1.84. The highest BCUT2D eigenvalue weighted by Gasteiger charge is 2.24. The summed E-state index contributed by atoms with van der Waals surface area (Å²) in [6.45, 7) is 1.74. The SMILES string of the molecule is C[C@H](C(=O)NC1CCCCC1)[S@](=O)Cc1ccc(Cl)s1. The third-order valence-corrected chi connectivity index (χ3v) is 6.64. The molecule has 1 fully saturated rings. The van der Waals surface area contributed by atoms with Gasteiger partial charge in [-0.25, -0.2) is 0 Å². The minimum absolute atomic E-state index is 0.0853. The number of halogens is 1. The minimum Gasteiger partial charge on any atom is -0.352 e. The van der Waals surface area contributed by atoms with Crippen LogP contribution in [0.3, 0.4) is 0 Å². The van der Waals surface area contributed by atoms with Crippen molar-refractivity contribution in [1.82, 2.24) is 5.32 Å². The smallest absolute Gasteiger partial charge is 0.235 e. The first-order valence-corrected chi connectivity index (χ1v) is 9.55. The number of thiophene rings is 1. The second kappa shape index (κ2) is 7.57. The average molecular weight is 334 g/mol. The van der Waals surface area contributed by atoms with E-state index in [-0.39, 0.29) is 11.9 Å². The summed E-state index contributed by atoms with van der Waals surface area (Å²) >= 11 is 7.28. The third-order valence-electron chi connectivity index (χ3n) is 3.63. The van der Waals surface area contributed by atoms with Gasteiger partial charge in [-0.2, -0.15) is 0 Å². The molecule has 20 heavy (non-hydrogen) atoms. The molecule has 0 spiro atoms. The highest BCUT2D eigenvalue weighted by atomic mass is 35.5. The Morgan fingerprint density at radius 2 is 2.15 bits per heavy atom. The molecular formula is C14H20ClNO2S2. The van der Waals surface area contributed by atoms with Gasteiger partial charge in [0.05, 0.1) is 10.1 Å². The van der Waals surface area contributed by atoms with E-state index in [0.717, 1.165) is 17.7 Å². The van der Waals surface area contributed by atoms with Crippen LogP contribution in [0.4, 0.5) is 0 Å². The Labute approximate surface area is 131 Å². The number of nitrogens with one attached hydrogen (secondary N) is 1. The van der Waals surface area contributed by atoms with E-state index in [4.69, 9.17) is 11.6 Å². The molecule has 1 aliphatic carbocycles. The van der Waals surface area contributed by atoms with E-state index in [1.165, 1.54) is 30.6 Å². The first-order chi connectivity index (χ1) is 9.56. The first-order valence-electron chi connectivity index (χ1n) is 6.98. The topological polar surface area (TPSA) is 46.2 Å². The molecule has 0 aromatic carbocycles. The second-order valence-electron chi connectivity index (χ2n) is 5.22. The summed E-state index contributed by atoms with van der Waals surface area (Å²) in [6.07, 6.45) is 5.70. The molecule has 2 atom stereocenters. The van der Waals surface area contributed by atoms with Gasteiger partial charge in [0.25, 0.3) is 0 Å². The average Bonchev–Trinajstić information content (AvgIpc) is 2.84. The highest BCUT2D eigenvalue weighted by molar-refractivity contribution is 7.85. The third kappa shape index (κ3) is 4.57. The summed E-state index contributed by atoms with van der Waals surface area (Å²) < 4.78 is 12.9. The standard InChI is InChI=1S/C14H20ClNO2S2/c1-10(14(17)16-11-5-3-2-4-6-11)20(18)9-12-7-8-13(15)19-12/h7-8,10-11H,2-6,9H2,1H3,(H,16,17)/t10-,20-/m1/s1. The predicted molar refractivity (Wildman–Crippen MR) is 85.7 cm³/mol. The lowest BCUT2D eigenvalue weighted by atomic mass is 9.95. The van der Waals surface area contributed by atoms with Gasteiger partial charge in [-0.3, -0.25) is 9.00 Å². The molecule has 1 heterocycles. The Morgan fingerprint density at radius 3 is 2.75 bits per heavy atom. The maximum atomic E-state index is 12.2. The fourth-order valence-corrected chi connectivity index (χ4v) is 4.78. The van der Waals surface area contributed by atoms with Crippen LogP contribution in [0, 0.1) is 0 Å². The summed E-state index contributed by atoms with van der Waals surface area (Å²) in [5.41, 5.74) is 0. The Morgan fingerprint density at radius 1 is 1.45 bits per heavy atom. The molecule has 0 bridgehead atoms. The molecule has 1 aliphatic rings. The van der Waals surface area contributed by atoms with Crippen molar-refractivity contribution >= 4 is 39.6 Å². The molecule has 1 amide bonds. The monoisotopic (exact) mass is 333 g/mol. The molecule has 3 nitrogen and oxygen atoms in total. The van der Waals surface area contributed by atoms with Crippen LogP contribution in [0.2, 0.25) is 4.34 Å². The molecular weight excluding hydrogens is 314 g/mol. The Bertz CT molecular complexity index is 483. The van der Waals surface area contributed by atoms with Crippen molar-refractivity contribution in [2.24, 2.45) is 0 Å². The normalized spacial score (nSPS) is 19.5. The van der Waals surface area contributed by atoms with Gasteiger partial charge in [0, 0.05) is 21.7 Å². The lowest BCUT2D eigenvalue weighted by Gasteiger charge is -2.24. The van der Waals surface area contributed by atoms with Gasteiger partial charge in [0.15, 0.2) is 0 Å². The quantitative estimate of drug-likeness (QED) is 0.896. The first kappa shape index (κ1) is 16.0. The van der Waals surface area contributed by atoms with Crippen molar-refractivity contribution < 1.29 is 9.00 Å². The number of carbonyl (C=O) groups is 1. The molecule has 112 valence electrons. The molecule has 2 rings (SSSR count). The van der Waals surface area contributed by atoms with Gasteiger partial charge in [-0.15, -0.1) is 11.3 Å². The van der Waals surface area contributed by atoms with Crippen molar-refractivity contribution in [3.63, 3.8) is 0 Å². The number of amides is 1. The zero-order valence-electron chi connectivity index (χ0n) is 11.6. The van der Waals surface area contributed by atoms with Gasteiger partial charge < -0.3 is 5.32 Å². The summed E-state index contributed by atoms with van der Waals surface area (Å²) in [5.74, 6) is 0.314. The van der Waals surface area contributed by atoms with Crippen molar-refractivity contribution in [3.05, 3.63) is 21.3 Å². The van der Waals surface area contributed by atoms with Crippen molar-refractivity contribution in [3.8, 4) is 0 Å². The number of carbonyl (C=O) groups excluding carboxylic acids is 1. The van der Waals surface area contributed by atoms with Gasteiger partial charge in [-0.1, -0.05) is 30.9 Å². The zero-order valence-corrected chi connectivity index (χ0v) is 14.0. The van der Waals surface area contributed by atoms with Gasteiger partial charge in [-0.05, 0) is 31.9 Å². The fraction of sp³-hybridized carbons (Fsp3) is 0.643. The van der Waals surface area contributed by atoms with Gasteiger partial charge in [0.2, 0.25) is 5.91 Å². The van der Waals surface area contributed by atoms with Crippen LogP contribution in [0.25, 0.3) is 0 Å². The van der Waals surface area contributed by atoms with Crippen LogP contribution >= 0.6 is 22.9 Å². The largest absolute Gasteiger partial charge is 0.352 e. The molecule has 1 saturated carbocycles. The Hall–Kier alpha value is -0.390. The van der Waals surface area contributed by atoms with Crippen molar-refractivity contribution in [1.29, 1.82) is 0 Å². The summed E-state index contributed by atoms with van der Waals surface area (Å²) in [4.78, 5) is 13.1. The zero-order chi connectivity index (χ0) is 14.5. The predicted octanol–water partition coefficient (Wildman–Crippen LogP) is 3.49. The molecule has 1 aromatic heterocycles.